The van der Waals surface area contributed by atoms with Crippen LogP contribution in [0, 0.1) is 0 Å². The molecule has 1 aliphatic heterocycles. The molecular weight excluding hydrogens is 241 g/mol. The molecule has 0 amide bonds. The van der Waals surface area contributed by atoms with E-state index in [4.69, 9.17) is 14.6 Å². The molecule has 1 aliphatic rings. The Hall–Kier alpha value is -1.28. The van der Waals surface area contributed by atoms with E-state index < -0.39 is 18.5 Å². The number of hydrogen-bond acceptors (Lipinski definition) is 4. The molecule has 0 bridgehead atoms. The maximum atomic E-state index is 12.6. The van der Waals surface area contributed by atoms with Gasteiger partial charge in [-0.2, -0.15) is 18.3 Å². The van der Waals surface area contributed by atoms with Crippen molar-refractivity contribution in [2.24, 2.45) is 7.05 Å². The number of ether oxygens (including phenoxy) is 2. The maximum absolute atomic E-state index is 12.6. The molecule has 17 heavy (non-hydrogen) atoms. The van der Waals surface area contributed by atoms with Crippen LogP contribution in [-0.2, 0) is 24.6 Å². The average Bonchev–Trinajstić information content (AvgIpc) is 2.48. The topological polar surface area (TPSA) is 56.5 Å². The van der Waals surface area contributed by atoms with E-state index in [9.17, 15) is 13.2 Å². The molecule has 2 rings (SSSR count). The van der Waals surface area contributed by atoms with Crippen LogP contribution < -0.4 is 4.74 Å². The van der Waals surface area contributed by atoms with E-state index in [0.29, 0.717) is 13.2 Å². The van der Waals surface area contributed by atoms with Crippen molar-refractivity contribution in [3.63, 3.8) is 0 Å². The molecule has 0 aliphatic carbocycles. The van der Waals surface area contributed by atoms with Gasteiger partial charge >= 0.3 is 6.18 Å². The third-order valence-corrected chi connectivity index (χ3v) is 2.40. The molecule has 0 saturated carbocycles. The highest BCUT2D eigenvalue weighted by molar-refractivity contribution is 5.33. The lowest BCUT2D eigenvalue weighted by Crippen LogP contribution is -2.39. The van der Waals surface area contributed by atoms with E-state index in [0.717, 1.165) is 4.68 Å². The minimum absolute atomic E-state index is 0.0619. The highest BCUT2D eigenvalue weighted by atomic mass is 19.4. The monoisotopic (exact) mass is 252 g/mol. The van der Waals surface area contributed by atoms with Gasteiger partial charge in [-0.3, -0.25) is 0 Å². The summed E-state index contributed by atoms with van der Waals surface area (Å²) >= 11 is 0. The number of aliphatic hydroxyl groups excluding tert-OH is 1. The Bertz CT molecular complexity index is 412. The number of nitrogens with zero attached hydrogens (tertiary/aromatic N) is 2. The minimum atomic E-state index is -4.60. The first-order valence-electron chi connectivity index (χ1n) is 4.91. The zero-order valence-corrected chi connectivity index (χ0v) is 8.99. The zero-order chi connectivity index (χ0) is 12.6. The smallest absolute Gasteiger partial charge is 0.435 e. The second-order valence-corrected chi connectivity index (χ2v) is 3.69. The summed E-state index contributed by atoms with van der Waals surface area (Å²) < 4.78 is 48.9. The van der Waals surface area contributed by atoms with Crippen molar-refractivity contribution >= 4 is 0 Å². The molecule has 1 aromatic rings. The van der Waals surface area contributed by atoms with Crippen molar-refractivity contribution in [3.05, 3.63) is 11.3 Å². The lowest BCUT2D eigenvalue weighted by Gasteiger charge is -2.26. The van der Waals surface area contributed by atoms with Crippen molar-refractivity contribution in [3.8, 4) is 5.88 Å². The van der Waals surface area contributed by atoms with Crippen LogP contribution in [0.15, 0.2) is 0 Å². The Morgan fingerprint density at radius 3 is 2.59 bits per heavy atom. The molecule has 1 N–H and O–H groups in total. The Labute approximate surface area is 94.7 Å². The largest absolute Gasteiger partial charge is 0.469 e. The number of hydrogen-bond donors (Lipinski definition) is 1. The summed E-state index contributed by atoms with van der Waals surface area (Å²) in [5.41, 5.74) is -1.45. The van der Waals surface area contributed by atoms with Gasteiger partial charge in [0.05, 0.1) is 25.4 Å². The lowest BCUT2D eigenvalue weighted by molar-refractivity contribution is -0.142. The van der Waals surface area contributed by atoms with Gasteiger partial charge in [-0.15, -0.1) is 0 Å². The van der Waals surface area contributed by atoms with Crippen LogP contribution >= 0.6 is 0 Å². The maximum Gasteiger partial charge on any atom is 0.435 e. The first kappa shape index (κ1) is 12.2. The van der Waals surface area contributed by atoms with Gasteiger partial charge in [0.2, 0.25) is 5.88 Å². The molecule has 2 heterocycles. The normalized spacial score (nSPS) is 17.0. The SMILES string of the molecule is Cn1nc(C(F)(F)F)c(CO)c1OC1COC1. The fourth-order valence-corrected chi connectivity index (χ4v) is 1.51. The molecule has 0 atom stereocenters. The van der Waals surface area contributed by atoms with E-state index in [1.54, 1.807) is 0 Å². The summed E-state index contributed by atoms with van der Waals surface area (Å²) in [6, 6.07) is 0. The predicted molar refractivity (Wildman–Crippen MR) is 49.4 cm³/mol. The van der Waals surface area contributed by atoms with Crippen LogP contribution in [0.1, 0.15) is 11.3 Å². The first-order valence-corrected chi connectivity index (χ1v) is 4.91. The van der Waals surface area contributed by atoms with Gasteiger partial charge in [0.15, 0.2) is 5.69 Å². The molecular formula is C9H11F3N2O3. The molecule has 5 nitrogen and oxygen atoms in total. The fraction of sp³-hybridized carbons (Fsp3) is 0.667. The van der Waals surface area contributed by atoms with Gasteiger partial charge in [-0.1, -0.05) is 0 Å². The molecule has 1 saturated heterocycles. The van der Waals surface area contributed by atoms with E-state index in [-0.39, 0.29) is 17.5 Å². The molecule has 0 unspecified atom stereocenters. The Morgan fingerprint density at radius 1 is 1.53 bits per heavy atom. The first-order chi connectivity index (χ1) is 7.93. The average molecular weight is 252 g/mol. The number of aromatic nitrogens is 2. The van der Waals surface area contributed by atoms with Crippen molar-refractivity contribution < 1.29 is 27.8 Å². The number of aryl methyl sites for hydroxylation is 1. The standard InChI is InChI=1S/C9H11F3N2O3/c1-14-8(17-5-3-16-4-5)6(2-15)7(13-14)9(10,11)12/h5,15H,2-4H2,1H3. The minimum Gasteiger partial charge on any atom is -0.469 e. The van der Waals surface area contributed by atoms with Crippen molar-refractivity contribution in [1.82, 2.24) is 9.78 Å². The highest BCUT2D eigenvalue weighted by Gasteiger charge is 2.39. The number of halogens is 3. The molecule has 1 fully saturated rings. The molecule has 1 aromatic heterocycles. The third-order valence-electron chi connectivity index (χ3n) is 2.40. The van der Waals surface area contributed by atoms with Crippen molar-refractivity contribution in [2.45, 2.75) is 18.9 Å². The Morgan fingerprint density at radius 2 is 2.18 bits per heavy atom. The van der Waals surface area contributed by atoms with Crippen LogP contribution in [0.3, 0.4) is 0 Å². The fourth-order valence-electron chi connectivity index (χ4n) is 1.51. The van der Waals surface area contributed by atoms with Gasteiger partial charge in [0.1, 0.15) is 6.10 Å². The van der Waals surface area contributed by atoms with Gasteiger partial charge in [0.25, 0.3) is 0 Å². The quantitative estimate of drug-likeness (QED) is 0.860. The van der Waals surface area contributed by atoms with Gasteiger partial charge in [-0.25, -0.2) is 4.68 Å². The number of rotatable bonds is 3. The van der Waals surface area contributed by atoms with Crippen LogP contribution in [0.25, 0.3) is 0 Å². The van der Waals surface area contributed by atoms with Crippen molar-refractivity contribution in [1.29, 1.82) is 0 Å². The molecule has 8 heteroatoms. The number of alkyl halides is 3. The van der Waals surface area contributed by atoms with Gasteiger partial charge in [0, 0.05) is 7.05 Å². The van der Waals surface area contributed by atoms with Crippen molar-refractivity contribution in [2.75, 3.05) is 13.2 Å². The summed E-state index contributed by atoms with van der Waals surface area (Å²) in [6.45, 7) is -0.111. The van der Waals surface area contributed by atoms with Crippen LogP contribution in [0.4, 0.5) is 13.2 Å². The second-order valence-electron chi connectivity index (χ2n) is 3.69. The van der Waals surface area contributed by atoms with Gasteiger partial charge in [-0.05, 0) is 0 Å². The summed E-state index contributed by atoms with van der Waals surface area (Å²) in [7, 11) is 1.34. The zero-order valence-electron chi connectivity index (χ0n) is 8.99. The molecule has 0 spiro atoms. The molecule has 0 radical (unpaired) electrons. The summed E-state index contributed by atoms with van der Waals surface area (Å²) in [5, 5.41) is 12.3. The summed E-state index contributed by atoms with van der Waals surface area (Å²) in [5.74, 6) is -0.0619. The Kier molecular flexibility index (Phi) is 3.00. The summed E-state index contributed by atoms with van der Waals surface area (Å²) in [6.07, 6.45) is -4.88. The predicted octanol–water partition coefficient (Wildman–Crippen LogP) is 0.709. The Balaban J connectivity index is 2.33. The van der Waals surface area contributed by atoms with E-state index >= 15 is 0 Å². The highest BCUT2D eigenvalue weighted by Crippen LogP contribution is 2.35. The molecule has 0 aromatic carbocycles. The second kappa shape index (κ2) is 4.19. The number of aliphatic hydroxyl groups is 1. The van der Waals surface area contributed by atoms with E-state index in [2.05, 4.69) is 5.10 Å². The van der Waals surface area contributed by atoms with E-state index in [1.807, 2.05) is 0 Å². The van der Waals surface area contributed by atoms with Crippen LogP contribution in [0.2, 0.25) is 0 Å². The van der Waals surface area contributed by atoms with Gasteiger partial charge < -0.3 is 14.6 Å². The van der Waals surface area contributed by atoms with Crippen LogP contribution in [-0.4, -0.2) is 34.2 Å². The lowest BCUT2D eigenvalue weighted by atomic mass is 10.2. The summed E-state index contributed by atoms with van der Waals surface area (Å²) in [4.78, 5) is 0. The molecule has 96 valence electrons. The third kappa shape index (κ3) is 2.22. The van der Waals surface area contributed by atoms with E-state index in [1.165, 1.54) is 7.05 Å². The van der Waals surface area contributed by atoms with Crippen LogP contribution in [0.5, 0.6) is 5.88 Å².